The van der Waals surface area contributed by atoms with Crippen molar-refractivity contribution in [1.82, 2.24) is 0 Å². The molecule has 4 heteroatoms. The van der Waals surface area contributed by atoms with Gasteiger partial charge in [-0.25, -0.2) is 9.90 Å². The second kappa shape index (κ2) is 14.9. The molecule has 1 unspecified atom stereocenters. The van der Waals surface area contributed by atoms with Crippen LogP contribution >= 0.6 is 0 Å². The van der Waals surface area contributed by atoms with Crippen LogP contribution in [0.4, 0.5) is 0 Å². The van der Waals surface area contributed by atoms with Crippen LogP contribution < -0.4 is 0 Å². The molecule has 0 aromatic heterocycles. The van der Waals surface area contributed by atoms with E-state index in [1.807, 2.05) is 0 Å². The van der Waals surface area contributed by atoms with E-state index in [1.165, 1.54) is 19.3 Å². The molecule has 1 radical (unpaired) electrons. The first kappa shape index (κ1) is 20.9. The predicted molar refractivity (Wildman–Crippen MR) is 86.9 cm³/mol. The Bertz CT molecular complexity index is 289. The van der Waals surface area contributed by atoms with E-state index in [9.17, 15) is 14.7 Å². The smallest absolute Gasteiger partial charge is 0.395 e. The zero-order valence-corrected chi connectivity index (χ0v) is 14.4. The number of rotatable bonds is 15. The first-order valence-electron chi connectivity index (χ1n) is 9.02. The molecule has 0 fully saturated rings. The van der Waals surface area contributed by atoms with Gasteiger partial charge in [0.2, 0.25) is 6.10 Å². The van der Waals surface area contributed by atoms with Crippen molar-refractivity contribution in [3.63, 3.8) is 0 Å². The van der Waals surface area contributed by atoms with E-state index in [-0.39, 0.29) is 0 Å². The summed E-state index contributed by atoms with van der Waals surface area (Å²) >= 11 is 0. The van der Waals surface area contributed by atoms with Gasteiger partial charge in [0, 0.05) is 6.42 Å². The minimum absolute atomic E-state index is 0.311. The van der Waals surface area contributed by atoms with Crippen molar-refractivity contribution in [3.8, 4) is 0 Å². The molecule has 0 aliphatic heterocycles. The summed E-state index contributed by atoms with van der Waals surface area (Å²) in [4.78, 5) is 22.7. The Labute approximate surface area is 135 Å². The fraction of sp³-hybridized carbons (Fsp3) is 0.889. The minimum atomic E-state index is -1.27. The topological polar surface area (TPSA) is 63.3 Å². The number of ether oxygens (including phenoxy) is 1. The van der Waals surface area contributed by atoms with E-state index >= 15 is 0 Å². The first-order chi connectivity index (χ1) is 10.6. The highest BCUT2D eigenvalue weighted by molar-refractivity contribution is 5.77. The third kappa shape index (κ3) is 12.7. The SMILES string of the molecule is CCCCCCCCC(=O)OC(CCCCCCC)C([O])=O. The molecule has 0 aromatic rings. The number of carbonyl (C=O) groups excluding carboxylic acids is 2. The van der Waals surface area contributed by atoms with Gasteiger partial charge in [-0.05, 0) is 19.3 Å². The lowest BCUT2D eigenvalue weighted by Gasteiger charge is -2.12. The molecule has 1 atom stereocenters. The lowest BCUT2D eigenvalue weighted by molar-refractivity contribution is -0.168. The van der Waals surface area contributed by atoms with Gasteiger partial charge >= 0.3 is 11.9 Å². The van der Waals surface area contributed by atoms with Gasteiger partial charge in [0.15, 0.2) is 0 Å². The van der Waals surface area contributed by atoms with Crippen LogP contribution in [0.5, 0.6) is 0 Å². The Morgan fingerprint density at radius 2 is 1.27 bits per heavy atom. The Balaban J connectivity index is 3.77. The van der Waals surface area contributed by atoms with Crippen LogP contribution in [-0.2, 0) is 19.4 Å². The van der Waals surface area contributed by atoms with Gasteiger partial charge in [0.05, 0.1) is 0 Å². The number of carbonyl (C=O) groups is 2. The Kier molecular flexibility index (Phi) is 14.1. The quantitative estimate of drug-likeness (QED) is 0.317. The average molecular weight is 313 g/mol. The molecule has 0 saturated heterocycles. The van der Waals surface area contributed by atoms with Crippen LogP contribution in [0.25, 0.3) is 0 Å². The van der Waals surface area contributed by atoms with E-state index in [0.29, 0.717) is 12.8 Å². The minimum Gasteiger partial charge on any atom is -0.450 e. The van der Waals surface area contributed by atoms with Gasteiger partial charge < -0.3 is 4.74 Å². The number of unbranched alkanes of at least 4 members (excludes halogenated alkanes) is 9. The van der Waals surface area contributed by atoms with Crippen molar-refractivity contribution in [2.75, 3.05) is 0 Å². The van der Waals surface area contributed by atoms with Crippen LogP contribution in [0, 0.1) is 0 Å². The average Bonchev–Trinajstić information content (AvgIpc) is 2.49. The van der Waals surface area contributed by atoms with Gasteiger partial charge in [-0.1, -0.05) is 71.6 Å². The summed E-state index contributed by atoms with van der Waals surface area (Å²) in [7, 11) is 0. The van der Waals surface area contributed by atoms with E-state index in [1.54, 1.807) is 0 Å². The largest absolute Gasteiger partial charge is 0.450 e. The normalized spacial score (nSPS) is 12.1. The number of hydrogen-bond acceptors (Lipinski definition) is 3. The maximum absolute atomic E-state index is 11.7. The van der Waals surface area contributed by atoms with Crippen LogP contribution in [0.15, 0.2) is 0 Å². The van der Waals surface area contributed by atoms with Crippen LogP contribution in [-0.4, -0.2) is 18.0 Å². The fourth-order valence-corrected chi connectivity index (χ4v) is 2.43. The van der Waals surface area contributed by atoms with E-state index in [0.717, 1.165) is 51.4 Å². The predicted octanol–water partition coefficient (Wildman–Crippen LogP) is 4.97. The summed E-state index contributed by atoms with van der Waals surface area (Å²) in [5.41, 5.74) is 0. The molecule has 0 aliphatic carbocycles. The van der Waals surface area contributed by atoms with Crippen molar-refractivity contribution in [2.45, 2.75) is 103 Å². The summed E-state index contributed by atoms with van der Waals surface area (Å²) in [6, 6.07) is 0. The molecule has 129 valence electrons. The second-order valence-electron chi connectivity index (χ2n) is 6.02. The summed E-state index contributed by atoms with van der Waals surface area (Å²) in [5.74, 6) is -1.68. The van der Waals surface area contributed by atoms with Crippen LogP contribution in [0.3, 0.4) is 0 Å². The summed E-state index contributed by atoms with van der Waals surface area (Å²) in [6.45, 7) is 4.30. The Hall–Kier alpha value is -1.06. The third-order valence-electron chi connectivity index (χ3n) is 3.84. The maximum Gasteiger partial charge on any atom is 0.395 e. The molecule has 0 aliphatic rings. The van der Waals surface area contributed by atoms with Gasteiger partial charge in [-0.2, -0.15) is 0 Å². The van der Waals surface area contributed by atoms with Gasteiger partial charge in [-0.15, -0.1) is 0 Å². The molecule has 0 heterocycles. The highest BCUT2D eigenvalue weighted by Gasteiger charge is 2.23. The fourth-order valence-electron chi connectivity index (χ4n) is 2.43. The molecule has 4 nitrogen and oxygen atoms in total. The van der Waals surface area contributed by atoms with E-state index < -0.39 is 18.0 Å². The number of esters is 1. The zero-order valence-electron chi connectivity index (χ0n) is 14.4. The Morgan fingerprint density at radius 1 is 0.773 bits per heavy atom. The highest BCUT2D eigenvalue weighted by atomic mass is 16.6. The Morgan fingerprint density at radius 3 is 1.82 bits per heavy atom. The monoisotopic (exact) mass is 313 g/mol. The molecule has 22 heavy (non-hydrogen) atoms. The van der Waals surface area contributed by atoms with Gasteiger partial charge in [-0.3, -0.25) is 4.79 Å². The van der Waals surface area contributed by atoms with Gasteiger partial charge in [0.1, 0.15) is 0 Å². The van der Waals surface area contributed by atoms with Crippen molar-refractivity contribution >= 4 is 11.9 Å². The molecular formula is C18H33O4. The summed E-state index contributed by atoms with van der Waals surface area (Å²) < 4.78 is 5.05. The first-order valence-corrected chi connectivity index (χ1v) is 9.02. The van der Waals surface area contributed by atoms with Crippen LogP contribution in [0.2, 0.25) is 0 Å². The lowest BCUT2D eigenvalue weighted by Crippen LogP contribution is -2.26. The summed E-state index contributed by atoms with van der Waals surface area (Å²) in [6.07, 6.45) is 11.3. The molecule has 0 rings (SSSR count). The standard InChI is InChI=1S/C18H33O4/c1-3-5-7-9-11-13-15-17(19)22-16(18(20)21)14-12-10-8-6-4-2/h16H,3-15H2,1-2H3. The molecule has 0 saturated carbocycles. The highest BCUT2D eigenvalue weighted by Crippen LogP contribution is 2.12. The zero-order chi connectivity index (χ0) is 16.6. The summed E-state index contributed by atoms with van der Waals surface area (Å²) in [5, 5.41) is 11.0. The van der Waals surface area contributed by atoms with E-state index in [2.05, 4.69) is 13.8 Å². The molecule has 0 N–H and O–H groups in total. The third-order valence-corrected chi connectivity index (χ3v) is 3.84. The van der Waals surface area contributed by atoms with Crippen molar-refractivity contribution in [2.24, 2.45) is 0 Å². The molecular weight excluding hydrogens is 280 g/mol. The van der Waals surface area contributed by atoms with Crippen LogP contribution in [0.1, 0.15) is 97.3 Å². The molecule has 0 bridgehead atoms. The lowest BCUT2D eigenvalue weighted by atomic mass is 10.1. The van der Waals surface area contributed by atoms with Crippen molar-refractivity contribution < 1.29 is 19.4 Å². The maximum atomic E-state index is 11.7. The second-order valence-corrected chi connectivity index (χ2v) is 6.02. The molecule has 0 aromatic carbocycles. The van der Waals surface area contributed by atoms with E-state index in [4.69, 9.17) is 4.74 Å². The number of hydrogen-bond donors (Lipinski definition) is 0. The van der Waals surface area contributed by atoms with Gasteiger partial charge in [0.25, 0.3) is 0 Å². The van der Waals surface area contributed by atoms with Crippen molar-refractivity contribution in [1.29, 1.82) is 0 Å². The van der Waals surface area contributed by atoms with Crippen molar-refractivity contribution in [3.05, 3.63) is 0 Å². The molecule has 0 spiro atoms. The molecule has 0 amide bonds.